The molecule has 0 amide bonds. The average Bonchev–Trinajstić information content (AvgIpc) is 1.96. The number of carboxylic acids is 1. The van der Waals surface area contributed by atoms with Gasteiger partial charge in [-0.2, -0.15) is 0 Å². The Balaban J connectivity index is 3.37. The zero-order valence-electron chi connectivity index (χ0n) is 6.34. The van der Waals surface area contributed by atoms with Crippen LogP contribution < -0.4 is 0 Å². The van der Waals surface area contributed by atoms with Crippen molar-refractivity contribution in [3.8, 4) is 5.75 Å². The van der Waals surface area contributed by atoms with Gasteiger partial charge in [0.25, 0.3) is 0 Å². The maximum absolute atomic E-state index is 10.5. The van der Waals surface area contributed by atoms with E-state index in [9.17, 15) is 9.90 Å². The molecule has 64 valence electrons. The number of phenols is 1. The van der Waals surface area contributed by atoms with E-state index >= 15 is 0 Å². The molecule has 4 heteroatoms. The van der Waals surface area contributed by atoms with Crippen molar-refractivity contribution < 1.29 is 15.0 Å². The highest BCUT2D eigenvalue weighted by Gasteiger charge is 2.12. The highest BCUT2D eigenvalue weighted by molar-refractivity contribution is 6.32. The number of hydrogen-bond acceptors (Lipinski definition) is 2. The number of hydrogen-bond donors (Lipinski definition) is 2. The molecule has 0 aromatic heterocycles. The van der Waals surface area contributed by atoms with Crippen molar-refractivity contribution in [3.63, 3.8) is 0 Å². The van der Waals surface area contributed by atoms with Crippen molar-refractivity contribution in [1.82, 2.24) is 0 Å². The highest BCUT2D eigenvalue weighted by Crippen LogP contribution is 2.28. The molecule has 0 radical (unpaired) electrons. The fourth-order valence-electron chi connectivity index (χ4n) is 0.898. The topological polar surface area (TPSA) is 57.5 Å². The van der Waals surface area contributed by atoms with Crippen molar-refractivity contribution >= 4 is 17.6 Å². The summed E-state index contributed by atoms with van der Waals surface area (Å²) >= 11 is 5.55. The van der Waals surface area contributed by atoms with Crippen molar-refractivity contribution in [2.75, 3.05) is 0 Å². The van der Waals surface area contributed by atoms with E-state index in [1.165, 1.54) is 12.1 Å². The molecule has 0 spiro atoms. The van der Waals surface area contributed by atoms with E-state index in [2.05, 4.69) is 0 Å². The molecular weight excluding hydrogens is 180 g/mol. The molecule has 1 rings (SSSR count). The second-order valence-corrected chi connectivity index (χ2v) is 2.86. The maximum Gasteiger partial charge on any atom is 0.339 e. The Hall–Kier alpha value is -1.22. The van der Waals surface area contributed by atoms with Gasteiger partial charge in [-0.05, 0) is 24.6 Å². The fourth-order valence-corrected chi connectivity index (χ4v) is 1.17. The molecule has 0 saturated heterocycles. The molecule has 2 N–H and O–H groups in total. The molecule has 1 aromatic carbocycles. The van der Waals surface area contributed by atoms with Gasteiger partial charge in [0.2, 0.25) is 0 Å². The minimum atomic E-state index is -1.18. The van der Waals surface area contributed by atoms with Gasteiger partial charge in [0, 0.05) is 0 Å². The van der Waals surface area contributed by atoms with Gasteiger partial charge in [0.15, 0.2) is 0 Å². The van der Waals surface area contributed by atoms with Crippen molar-refractivity contribution in [3.05, 3.63) is 28.3 Å². The lowest BCUT2D eigenvalue weighted by molar-refractivity contribution is 0.0693. The normalized spacial score (nSPS) is 9.83. The van der Waals surface area contributed by atoms with Gasteiger partial charge in [-0.1, -0.05) is 11.6 Å². The third-order valence-electron chi connectivity index (χ3n) is 1.44. The Kier molecular flexibility index (Phi) is 2.24. The minimum absolute atomic E-state index is 0.0624. The Morgan fingerprint density at radius 3 is 2.58 bits per heavy atom. The second kappa shape index (κ2) is 3.03. The van der Waals surface area contributed by atoms with Crippen LogP contribution in [0.4, 0.5) is 0 Å². The van der Waals surface area contributed by atoms with Gasteiger partial charge in [-0.15, -0.1) is 0 Å². The Morgan fingerprint density at radius 2 is 2.08 bits per heavy atom. The first-order chi connectivity index (χ1) is 5.52. The van der Waals surface area contributed by atoms with E-state index in [1.54, 1.807) is 6.92 Å². The largest absolute Gasteiger partial charge is 0.505 e. The van der Waals surface area contributed by atoms with Gasteiger partial charge >= 0.3 is 5.97 Å². The first-order valence-corrected chi connectivity index (χ1v) is 3.62. The quantitative estimate of drug-likeness (QED) is 0.706. The predicted molar refractivity (Wildman–Crippen MR) is 44.8 cm³/mol. The van der Waals surface area contributed by atoms with Crippen LogP contribution in [0.15, 0.2) is 12.1 Å². The third kappa shape index (κ3) is 1.51. The minimum Gasteiger partial charge on any atom is -0.505 e. The number of carbonyl (C=O) groups is 1. The van der Waals surface area contributed by atoms with Gasteiger partial charge < -0.3 is 10.2 Å². The van der Waals surface area contributed by atoms with Gasteiger partial charge in [-0.25, -0.2) is 4.79 Å². The summed E-state index contributed by atoms with van der Waals surface area (Å²) in [7, 11) is 0. The van der Waals surface area contributed by atoms with Crippen LogP contribution in [0.3, 0.4) is 0 Å². The van der Waals surface area contributed by atoms with Crippen molar-refractivity contribution in [2.45, 2.75) is 6.92 Å². The van der Waals surface area contributed by atoms with E-state index in [0.717, 1.165) is 0 Å². The van der Waals surface area contributed by atoms with E-state index in [4.69, 9.17) is 16.7 Å². The summed E-state index contributed by atoms with van der Waals surface area (Å²) in [6.07, 6.45) is 0. The fraction of sp³-hybridized carbons (Fsp3) is 0.125. The lowest BCUT2D eigenvalue weighted by Gasteiger charge is -2.02. The molecule has 0 aliphatic rings. The highest BCUT2D eigenvalue weighted by atomic mass is 35.5. The number of carboxylic acid groups (broad SMARTS) is 1. The van der Waals surface area contributed by atoms with E-state index in [-0.39, 0.29) is 16.3 Å². The zero-order chi connectivity index (χ0) is 9.30. The summed E-state index contributed by atoms with van der Waals surface area (Å²) in [5.74, 6) is -1.56. The molecule has 0 saturated carbocycles. The van der Waals surface area contributed by atoms with Crippen LogP contribution in [0.1, 0.15) is 15.9 Å². The summed E-state index contributed by atoms with van der Waals surface area (Å²) in [5, 5.41) is 17.8. The third-order valence-corrected chi connectivity index (χ3v) is 1.73. The monoisotopic (exact) mass is 186 g/mol. The number of halogens is 1. The smallest absolute Gasteiger partial charge is 0.339 e. The SMILES string of the molecule is Cc1cc(Cl)c(O)c(C(=O)O)c1. The number of rotatable bonds is 1. The van der Waals surface area contributed by atoms with Crippen molar-refractivity contribution in [2.24, 2.45) is 0 Å². The lowest BCUT2D eigenvalue weighted by Crippen LogP contribution is -1.97. The van der Waals surface area contributed by atoms with Crippen LogP contribution in [-0.2, 0) is 0 Å². The number of aromatic carboxylic acids is 1. The summed E-state index contributed by atoms with van der Waals surface area (Å²) < 4.78 is 0. The zero-order valence-corrected chi connectivity index (χ0v) is 7.09. The van der Waals surface area contributed by atoms with Gasteiger partial charge in [0.1, 0.15) is 11.3 Å². The van der Waals surface area contributed by atoms with E-state index in [0.29, 0.717) is 5.56 Å². The Labute approximate surface area is 74.2 Å². The Morgan fingerprint density at radius 1 is 1.50 bits per heavy atom. The molecule has 12 heavy (non-hydrogen) atoms. The number of aryl methyl sites for hydroxylation is 1. The molecule has 0 heterocycles. The number of aromatic hydroxyl groups is 1. The van der Waals surface area contributed by atoms with Gasteiger partial charge in [0.05, 0.1) is 5.02 Å². The van der Waals surface area contributed by atoms with E-state index in [1.807, 2.05) is 0 Å². The van der Waals surface area contributed by atoms with Crippen LogP contribution in [0.25, 0.3) is 0 Å². The lowest BCUT2D eigenvalue weighted by atomic mass is 10.1. The van der Waals surface area contributed by atoms with Crippen LogP contribution in [0.5, 0.6) is 5.75 Å². The first kappa shape index (κ1) is 8.87. The van der Waals surface area contributed by atoms with Crippen LogP contribution in [0, 0.1) is 6.92 Å². The maximum atomic E-state index is 10.5. The molecule has 3 nitrogen and oxygen atoms in total. The summed E-state index contributed by atoms with van der Waals surface area (Å²) in [4.78, 5) is 10.5. The molecule has 0 unspecified atom stereocenters. The molecule has 0 atom stereocenters. The molecule has 0 aliphatic carbocycles. The summed E-state index contributed by atoms with van der Waals surface area (Å²) in [6, 6.07) is 2.87. The summed E-state index contributed by atoms with van der Waals surface area (Å²) in [6.45, 7) is 1.71. The Bertz CT molecular complexity index is 333. The van der Waals surface area contributed by atoms with Crippen LogP contribution in [-0.4, -0.2) is 16.2 Å². The molecule has 0 aliphatic heterocycles. The molecule has 0 bridgehead atoms. The predicted octanol–water partition coefficient (Wildman–Crippen LogP) is 2.05. The van der Waals surface area contributed by atoms with Crippen LogP contribution in [0.2, 0.25) is 5.02 Å². The van der Waals surface area contributed by atoms with Crippen molar-refractivity contribution in [1.29, 1.82) is 0 Å². The standard InChI is InChI=1S/C8H7ClO3/c1-4-2-5(8(11)12)7(10)6(9)3-4/h2-3,10H,1H3,(H,11,12). The average molecular weight is 187 g/mol. The molecule has 1 aromatic rings. The summed E-state index contributed by atoms with van der Waals surface area (Å²) in [5.41, 5.74) is 0.537. The van der Waals surface area contributed by atoms with Crippen LogP contribution >= 0.6 is 11.6 Å². The van der Waals surface area contributed by atoms with Gasteiger partial charge in [-0.3, -0.25) is 0 Å². The molecular formula is C8H7ClO3. The molecule has 0 fully saturated rings. The second-order valence-electron chi connectivity index (χ2n) is 2.45. The van der Waals surface area contributed by atoms with E-state index < -0.39 is 5.97 Å². The first-order valence-electron chi connectivity index (χ1n) is 3.25. The number of benzene rings is 1.